The van der Waals surface area contributed by atoms with Gasteiger partial charge in [-0.3, -0.25) is 9.48 Å². The van der Waals surface area contributed by atoms with Crippen molar-refractivity contribution in [1.29, 1.82) is 0 Å². The fourth-order valence-corrected chi connectivity index (χ4v) is 6.10. The number of carbonyl (C=O) groups is 1. The lowest BCUT2D eigenvalue weighted by Gasteiger charge is -2.42. The summed E-state index contributed by atoms with van der Waals surface area (Å²) >= 11 is 0. The summed E-state index contributed by atoms with van der Waals surface area (Å²) in [5.41, 5.74) is 2.93. The van der Waals surface area contributed by atoms with Crippen molar-refractivity contribution in [3.63, 3.8) is 0 Å². The van der Waals surface area contributed by atoms with E-state index >= 15 is 0 Å². The molecule has 11 heteroatoms. The number of nitrogens with one attached hydrogen (secondary N) is 1. The molecule has 0 radical (unpaired) electrons. The number of aliphatic hydroxyl groups is 1. The van der Waals surface area contributed by atoms with Crippen LogP contribution in [0.1, 0.15) is 78.8 Å². The molecular formula is C31H47N7O4. The number of fused-ring (bicyclic) bond motifs is 1. The van der Waals surface area contributed by atoms with Crippen LogP contribution in [-0.2, 0) is 19.8 Å². The zero-order chi connectivity index (χ0) is 30.2. The normalized spacial score (nSPS) is 22.9. The molecule has 2 aliphatic rings. The Kier molecular flexibility index (Phi) is 8.65. The van der Waals surface area contributed by atoms with Gasteiger partial charge in [0.05, 0.1) is 43.3 Å². The molecule has 2 atom stereocenters. The largest absolute Gasteiger partial charge is 0.393 e. The van der Waals surface area contributed by atoms with Gasteiger partial charge < -0.3 is 24.8 Å². The van der Waals surface area contributed by atoms with E-state index in [0.717, 1.165) is 48.0 Å². The van der Waals surface area contributed by atoms with Gasteiger partial charge in [0.2, 0.25) is 11.9 Å². The molecule has 230 valence electrons. The first kappa shape index (κ1) is 30.4. The summed E-state index contributed by atoms with van der Waals surface area (Å²) in [6.07, 6.45) is 8.73. The molecule has 1 saturated heterocycles. The molecule has 1 saturated carbocycles. The van der Waals surface area contributed by atoms with Gasteiger partial charge in [0.1, 0.15) is 5.54 Å². The quantitative estimate of drug-likeness (QED) is 0.409. The topological polar surface area (TPSA) is 119 Å². The highest BCUT2D eigenvalue weighted by Crippen LogP contribution is 2.38. The number of anilines is 1. The molecule has 3 aromatic heterocycles. The summed E-state index contributed by atoms with van der Waals surface area (Å²) in [7, 11) is 1.68. The van der Waals surface area contributed by atoms with Gasteiger partial charge in [-0.2, -0.15) is 5.10 Å². The Morgan fingerprint density at radius 3 is 2.62 bits per heavy atom. The predicted octanol–water partition coefficient (Wildman–Crippen LogP) is 4.07. The van der Waals surface area contributed by atoms with Gasteiger partial charge in [0.15, 0.2) is 0 Å². The monoisotopic (exact) mass is 581 g/mol. The molecule has 3 aromatic rings. The molecule has 1 amide bonds. The van der Waals surface area contributed by atoms with E-state index < -0.39 is 5.54 Å². The zero-order valence-corrected chi connectivity index (χ0v) is 26.1. The average Bonchev–Trinajstić information content (AvgIpc) is 3.59. The molecule has 1 aliphatic carbocycles. The van der Waals surface area contributed by atoms with Crippen molar-refractivity contribution in [3.05, 3.63) is 30.4 Å². The van der Waals surface area contributed by atoms with E-state index in [1.807, 2.05) is 48.8 Å². The first-order chi connectivity index (χ1) is 19.9. The van der Waals surface area contributed by atoms with Gasteiger partial charge in [-0.05, 0) is 57.9 Å². The van der Waals surface area contributed by atoms with Gasteiger partial charge in [0.25, 0.3) is 0 Å². The van der Waals surface area contributed by atoms with Crippen molar-refractivity contribution in [2.45, 2.75) is 96.9 Å². The number of nitrogens with zero attached hydrogens (tertiary/aromatic N) is 6. The number of rotatable bonds is 8. The number of morpholine rings is 1. The first-order valence-corrected chi connectivity index (χ1v) is 15.2. The molecule has 2 N–H and O–H groups in total. The molecular weight excluding hydrogens is 534 g/mol. The molecule has 0 spiro atoms. The Balaban J connectivity index is 1.46. The highest BCUT2D eigenvalue weighted by Gasteiger charge is 2.39. The van der Waals surface area contributed by atoms with E-state index in [1.165, 1.54) is 0 Å². The van der Waals surface area contributed by atoms with Crippen LogP contribution in [0.25, 0.3) is 16.6 Å². The van der Waals surface area contributed by atoms with Crippen LogP contribution in [0.2, 0.25) is 0 Å². The fourth-order valence-electron chi connectivity index (χ4n) is 6.10. The Labute approximate surface area is 248 Å². The van der Waals surface area contributed by atoms with E-state index in [9.17, 15) is 9.90 Å². The van der Waals surface area contributed by atoms with Crippen molar-refractivity contribution in [2.75, 3.05) is 38.7 Å². The highest BCUT2D eigenvalue weighted by atomic mass is 16.5. The Hall–Kier alpha value is -3.02. The summed E-state index contributed by atoms with van der Waals surface area (Å²) in [5.74, 6) is 0.842. The maximum Gasteiger partial charge on any atom is 0.250 e. The highest BCUT2D eigenvalue weighted by molar-refractivity contribution is 5.85. The molecule has 11 nitrogen and oxygen atoms in total. The van der Waals surface area contributed by atoms with Crippen LogP contribution < -0.4 is 5.32 Å². The molecule has 0 bridgehead atoms. The molecule has 0 aromatic carbocycles. The van der Waals surface area contributed by atoms with Gasteiger partial charge >= 0.3 is 0 Å². The SMILES string of the molecule is COC[C@H](C)Nc1ncc2c(-c3cnn(C(C)(C)C(=O)N4CCO[C@@H](C(C)(C)C)C4)c3)cc(C3CCC(O)CC3)n2n1. The van der Waals surface area contributed by atoms with Gasteiger partial charge in [-0.25, -0.2) is 9.50 Å². The van der Waals surface area contributed by atoms with Gasteiger partial charge in [-0.15, -0.1) is 5.10 Å². The van der Waals surface area contributed by atoms with E-state index in [1.54, 1.807) is 11.8 Å². The van der Waals surface area contributed by atoms with Gasteiger partial charge in [0, 0.05) is 55.2 Å². The Morgan fingerprint density at radius 2 is 1.93 bits per heavy atom. The molecule has 2 fully saturated rings. The number of hydrogen-bond acceptors (Lipinski definition) is 8. The molecule has 0 unspecified atom stereocenters. The lowest BCUT2D eigenvalue weighted by Crippen LogP contribution is -2.55. The maximum atomic E-state index is 13.8. The second kappa shape index (κ2) is 11.9. The third-order valence-corrected chi connectivity index (χ3v) is 8.76. The number of ether oxygens (including phenoxy) is 2. The lowest BCUT2D eigenvalue weighted by molar-refractivity contribution is -0.151. The van der Waals surface area contributed by atoms with Crippen molar-refractivity contribution in [2.24, 2.45) is 5.41 Å². The number of amides is 1. The smallest absolute Gasteiger partial charge is 0.250 e. The Bertz CT molecular complexity index is 1380. The zero-order valence-electron chi connectivity index (χ0n) is 26.1. The third-order valence-electron chi connectivity index (χ3n) is 8.76. The van der Waals surface area contributed by atoms with Crippen LogP contribution in [0.15, 0.2) is 24.7 Å². The van der Waals surface area contributed by atoms with Crippen molar-refractivity contribution < 1.29 is 19.4 Å². The minimum absolute atomic E-state index is 0.0110. The van der Waals surface area contributed by atoms with Crippen molar-refractivity contribution in [1.82, 2.24) is 29.3 Å². The number of carbonyl (C=O) groups excluding carboxylic acids is 1. The van der Waals surface area contributed by atoms with Crippen LogP contribution in [-0.4, -0.2) is 92.0 Å². The maximum absolute atomic E-state index is 13.8. The summed E-state index contributed by atoms with van der Waals surface area (Å²) in [4.78, 5) is 20.3. The van der Waals surface area contributed by atoms with Crippen LogP contribution in [0.4, 0.5) is 5.95 Å². The molecule has 42 heavy (non-hydrogen) atoms. The second-order valence-electron chi connectivity index (χ2n) is 13.6. The molecule has 1 aliphatic heterocycles. The predicted molar refractivity (Wildman–Crippen MR) is 161 cm³/mol. The van der Waals surface area contributed by atoms with Gasteiger partial charge in [-0.1, -0.05) is 20.8 Å². The number of methoxy groups -OCH3 is 1. The van der Waals surface area contributed by atoms with E-state index in [0.29, 0.717) is 32.3 Å². The average molecular weight is 582 g/mol. The van der Waals surface area contributed by atoms with Crippen LogP contribution in [0.5, 0.6) is 0 Å². The number of aliphatic hydroxyl groups excluding tert-OH is 1. The van der Waals surface area contributed by atoms with Crippen LogP contribution in [0.3, 0.4) is 0 Å². The number of aromatic nitrogens is 5. The summed E-state index contributed by atoms with van der Waals surface area (Å²) < 4.78 is 15.0. The molecule has 4 heterocycles. The van der Waals surface area contributed by atoms with E-state index in [-0.39, 0.29) is 35.5 Å². The fraction of sp³-hybridized carbons (Fsp3) is 0.677. The van der Waals surface area contributed by atoms with E-state index in [4.69, 9.17) is 19.7 Å². The molecule has 5 rings (SSSR count). The second-order valence-corrected chi connectivity index (χ2v) is 13.6. The summed E-state index contributed by atoms with van der Waals surface area (Å²) in [6.45, 7) is 14.5. The first-order valence-electron chi connectivity index (χ1n) is 15.2. The third kappa shape index (κ3) is 6.18. The summed E-state index contributed by atoms with van der Waals surface area (Å²) in [5, 5.41) is 23.0. The standard InChI is InChI=1S/C31H47N7O4/c1-20(19-41-7)34-29-32-16-26-24(14-25(38(26)35-29)21-8-10-23(39)11-9-21)22-15-33-37(17-22)31(5,6)28(40)36-12-13-42-27(18-36)30(2,3)4/h14-17,20-21,23,27,39H,8-13,18-19H2,1-7H3,(H,34,35)/t20-,21?,23?,27+/m0/s1. The van der Waals surface area contributed by atoms with E-state index in [2.05, 4.69) is 37.1 Å². The van der Waals surface area contributed by atoms with Crippen molar-refractivity contribution in [3.8, 4) is 11.1 Å². The minimum atomic E-state index is -0.874. The van der Waals surface area contributed by atoms with Crippen LogP contribution in [0, 0.1) is 5.41 Å². The van der Waals surface area contributed by atoms with Crippen LogP contribution >= 0.6 is 0 Å². The van der Waals surface area contributed by atoms with Crippen molar-refractivity contribution >= 4 is 17.4 Å². The summed E-state index contributed by atoms with van der Waals surface area (Å²) in [6, 6.07) is 2.24. The minimum Gasteiger partial charge on any atom is -0.393 e. The number of hydrogen-bond donors (Lipinski definition) is 2. The lowest BCUT2D eigenvalue weighted by atomic mass is 9.85. The Morgan fingerprint density at radius 1 is 1.19 bits per heavy atom.